The van der Waals surface area contributed by atoms with Gasteiger partial charge in [-0.05, 0) is 24.3 Å². The molecule has 0 aromatic heterocycles. The van der Waals surface area contributed by atoms with E-state index in [9.17, 15) is 0 Å². The molecule has 2 heteroatoms. The summed E-state index contributed by atoms with van der Waals surface area (Å²) in [6.07, 6.45) is 0. The van der Waals surface area contributed by atoms with Gasteiger partial charge in [0.1, 0.15) is 0 Å². The Morgan fingerprint density at radius 2 is 1.50 bits per heavy atom. The van der Waals surface area contributed by atoms with E-state index in [0.717, 1.165) is 20.9 Å². The van der Waals surface area contributed by atoms with Crippen molar-refractivity contribution in [3.8, 4) is 11.8 Å². The Morgan fingerprint density at radius 3 is 2.25 bits per heavy atom. The van der Waals surface area contributed by atoms with E-state index in [-0.39, 0.29) is 0 Å². The van der Waals surface area contributed by atoms with Crippen molar-refractivity contribution >= 4 is 25.3 Å². The van der Waals surface area contributed by atoms with Crippen molar-refractivity contribution < 1.29 is 0 Å². The highest BCUT2D eigenvalue weighted by Crippen LogP contribution is 2.21. The number of thiol groups is 2. The van der Waals surface area contributed by atoms with Gasteiger partial charge in [0.25, 0.3) is 0 Å². The number of hydrogen-bond acceptors (Lipinski definition) is 2. The van der Waals surface area contributed by atoms with Gasteiger partial charge in [0, 0.05) is 20.9 Å². The fourth-order valence-electron chi connectivity index (χ4n) is 1.29. The van der Waals surface area contributed by atoms with Crippen molar-refractivity contribution in [2.75, 3.05) is 0 Å². The molecule has 0 heterocycles. The van der Waals surface area contributed by atoms with E-state index in [1.165, 1.54) is 0 Å². The summed E-state index contributed by atoms with van der Waals surface area (Å²) in [5, 5.41) is 0. The van der Waals surface area contributed by atoms with Crippen LogP contribution in [0.1, 0.15) is 11.1 Å². The molecule has 0 N–H and O–H groups in total. The molecule has 78 valence electrons. The van der Waals surface area contributed by atoms with E-state index < -0.39 is 0 Å². The molecule has 0 saturated heterocycles. The third kappa shape index (κ3) is 2.63. The first-order valence-electron chi connectivity index (χ1n) is 4.85. The summed E-state index contributed by atoms with van der Waals surface area (Å²) in [6, 6.07) is 15.7. The van der Waals surface area contributed by atoms with Crippen LogP contribution < -0.4 is 0 Å². The summed E-state index contributed by atoms with van der Waals surface area (Å²) >= 11 is 8.68. The highest BCUT2D eigenvalue weighted by molar-refractivity contribution is 7.83. The molecule has 0 amide bonds. The quantitative estimate of drug-likeness (QED) is 0.511. The van der Waals surface area contributed by atoms with Crippen molar-refractivity contribution in [1.82, 2.24) is 0 Å². The van der Waals surface area contributed by atoms with Gasteiger partial charge in [-0.1, -0.05) is 36.1 Å². The molecule has 0 spiro atoms. The lowest BCUT2D eigenvalue weighted by atomic mass is 10.2. The molecule has 2 rings (SSSR count). The summed E-state index contributed by atoms with van der Waals surface area (Å²) in [6.45, 7) is 0. The van der Waals surface area contributed by atoms with E-state index in [2.05, 4.69) is 37.1 Å². The maximum atomic E-state index is 4.38. The summed E-state index contributed by atoms with van der Waals surface area (Å²) in [4.78, 5) is 1.68. The summed E-state index contributed by atoms with van der Waals surface area (Å²) in [5.41, 5.74) is 1.90. The highest BCUT2D eigenvalue weighted by Gasteiger charge is 1.97. The van der Waals surface area contributed by atoms with E-state index >= 15 is 0 Å². The molecule has 0 radical (unpaired) electrons. The zero-order valence-electron chi connectivity index (χ0n) is 8.51. The molecular weight excluding hydrogens is 232 g/mol. The van der Waals surface area contributed by atoms with Crippen molar-refractivity contribution in [2.24, 2.45) is 0 Å². The molecule has 0 nitrogen and oxygen atoms in total. The minimum Gasteiger partial charge on any atom is -0.142 e. The standard InChI is InChI=1S/C14H10S2/c15-13-8-4-7-12(14(13)16)10-9-11-5-2-1-3-6-11/h1-8,15-16H. The zero-order valence-corrected chi connectivity index (χ0v) is 10.3. The highest BCUT2D eigenvalue weighted by atomic mass is 32.1. The SMILES string of the molecule is Sc1cccc(C#Cc2ccccc2)c1S. The average molecular weight is 242 g/mol. The molecule has 0 aliphatic carbocycles. The maximum Gasteiger partial charge on any atom is 0.0393 e. The molecule has 0 unspecified atom stereocenters. The van der Waals surface area contributed by atoms with Gasteiger partial charge in [-0.15, -0.1) is 25.3 Å². The minimum absolute atomic E-state index is 0.828. The molecule has 0 fully saturated rings. The molecule has 0 atom stereocenters. The summed E-state index contributed by atoms with van der Waals surface area (Å²) in [5.74, 6) is 6.19. The number of benzene rings is 2. The predicted octanol–water partition coefficient (Wildman–Crippen LogP) is 3.66. The van der Waals surface area contributed by atoms with Crippen molar-refractivity contribution in [2.45, 2.75) is 9.79 Å². The minimum atomic E-state index is 0.828. The van der Waals surface area contributed by atoms with Crippen LogP contribution >= 0.6 is 25.3 Å². The molecule has 16 heavy (non-hydrogen) atoms. The van der Waals surface area contributed by atoms with E-state index in [4.69, 9.17) is 0 Å². The molecule has 2 aromatic carbocycles. The van der Waals surface area contributed by atoms with Gasteiger partial charge in [0.2, 0.25) is 0 Å². The Morgan fingerprint density at radius 1 is 0.750 bits per heavy atom. The Balaban J connectivity index is 2.35. The van der Waals surface area contributed by atoms with Crippen LogP contribution in [-0.4, -0.2) is 0 Å². The zero-order chi connectivity index (χ0) is 11.4. The second kappa shape index (κ2) is 5.16. The first-order chi connectivity index (χ1) is 7.77. The van der Waals surface area contributed by atoms with Gasteiger partial charge >= 0.3 is 0 Å². The van der Waals surface area contributed by atoms with Crippen molar-refractivity contribution in [3.63, 3.8) is 0 Å². The number of hydrogen-bond donors (Lipinski definition) is 2. The van der Waals surface area contributed by atoms with Crippen LogP contribution in [0.2, 0.25) is 0 Å². The van der Waals surface area contributed by atoms with E-state index in [1.807, 2.05) is 48.5 Å². The van der Waals surface area contributed by atoms with Crippen molar-refractivity contribution in [3.05, 3.63) is 59.7 Å². The van der Waals surface area contributed by atoms with Crippen LogP contribution in [0, 0.1) is 11.8 Å². The van der Waals surface area contributed by atoms with Gasteiger partial charge in [0.15, 0.2) is 0 Å². The first kappa shape index (κ1) is 11.2. The summed E-state index contributed by atoms with van der Waals surface area (Å²) < 4.78 is 0. The molecule has 2 aromatic rings. The van der Waals surface area contributed by atoms with Gasteiger partial charge < -0.3 is 0 Å². The molecule has 0 saturated carbocycles. The Bertz CT molecular complexity index is 548. The fourth-order valence-corrected chi connectivity index (χ4v) is 1.70. The van der Waals surface area contributed by atoms with Crippen molar-refractivity contribution in [1.29, 1.82) is 0 Å². The normalized spacial score (nSPS) is 9.38. The average Bonchev–Trinajstić information content (AvgIpc) is 2.32. The van der Waals surface area contributed by atoms with Gasteiger partial charge in [-0.25, -0.2) is 0 Å². The van der Waals surface area contributed by atoms with Gasteiger partial charge in [-0.2, -0.15) is 0 Å². The Kier molecular flexibility index (Phi) is 3.61. The van der Waals surface area contributed by atoms with E-state index in [0.29, 0.717) is 0 Å². The second-order valence-electron chi connectivity index (χ2n) is 3.29. The fraction of sp³-hybridized carbons (Fsp3) is 0. The van der Waals surface area contributed by atoms with E-state index in [1.54, 1.807) is 0 Å². The first-order valence-corrected chi connectivity index (χ1v) is 5.75. The van der Waals surface area contributed by atoms with Crippen LogP contribution in [0.5, 0.6) is 0 Å². The molecule has 0 bridgehead atoms. The summed E-state index contributed by atoms with van der Waals surface area (Å²) in [7, 11) is 0. The monoisotopic (exact) mass is 242 g/mol. The molecular formula is C14H10S2. The smallest absolute Gasteiger partial charge is 0.0393 e. The largest absolute Gasteiger partial charge is 0.142 e. The van der Waals surface area contributed by atoms with Crippen LogP contribution in [0.15, 0.2) is 58.3 Å². The predicted molar refractivity (Wildman–Crippen MR) is 73.4 cm³/mol. The van der Waals surface area contributed by atoms with Gasteiger partial charge in [-0.3, -0.25) is 0 Å². The third-order valence-corrected chi connectivity index (χ3v) is 3.16. The van der Waals surface area contributed by atoms with Crippen LogP contribution in [0.4, 0.5) is 0 Å². The Labute approximate surface area is 107 Å². The third-order valence-electron chi connectivity index (χ3n) is 2.13. The molecule has 0 aliphatic rings. The van der Waals surface area contributed by atoms with Crippen LogP contribution in [-0.2, 0) is 0 Å². The lowest BCUT2D eigenvalue weighted by Crippen LogP contribution is -1.80. The lowest BCUT2D eigenvalue weighted by molar-refractivity contribution is 1.24. The van der Waals surface area contributed by atoms with Crippen LogP contribution in [0.3, 0.4) is 0 Å². The number of rotatable bonds is 0. The second-order valence-corrected chi connectivity index (χ2v) is 4.22. The Hall–Kier alpha value is -1.30. The topological polar surface area (TPSA) is 0 Å². The molecule has 0 aliphatic heterocycles. The maximum absolute atomic E-state index is 4.38. The van der Waals surface area contributed by atoms with Gasteiger partial charge in [0.05, 0.1) is 0 Å². The lowest BCUT2D eigenvalue weighted by Gasteiger charge is -1.99. The van der Waals surface area contributed by atoms with Crippen LogP contribution in [0.25, 0.3) is 0 Å².